The highest BCUT2D eigenvalue weighted by atomic mass is 16.2. The van der Waals surface area contributed by atoms with E-state index in [-0.39, 0.29) is 6.04 Å². The van der Waals surface area contributed by atoms with Gasteiger partial charge in [0.05, 0.1) is 6.04 Å². The van der Waals surface area contributed by atoms with Crippen LogP contribution in [0.15, 0.2) is 24.3 Å². The smallest absolute Gasteiger partial charge is 0.318 e. The van der Waals surface area contributed by atoms with Crippen LogP contribution in [0, 0.1) is 5.92 Å². The summed E-state index contributed by atoms with van der Waals surface area (Å²) in [4.78, 5) is 22.5. The summed E-state index contributed by atoms with van der Waals surface area (Å²) >= 11 is 0. The number of amides is 3. The SMILES string of the molecule is CCc1ccc([C@H](N[C@@H](C)C(=O)NC(N)=O)C(C)C)cc1. The Hall–Kier alpha value is -1.88. The number of imide groups is 1. The number of benzene rings is 1. The summed E-state index contributed by atoms with van der Waals surface area (Å²) in [6, 6.07) is 7.05. The Kier molecular flexibility index (Phi) is 6.37. The minimum atomic E-state index is -0.831. The molecule has 0 unspecified atom stereocenters. The number of carbonyl (C=O) groups is 2. The van der Waals surface area contributed by atoms with Crippen LogP contribution >= 0.6 is 0 Å². The van der Waals surface area contributed by atoms with Crippen molar-refractivity contribution in [2.75, 3.05) is 0 Å². The van der Waals surface area contributed by atoms with E-state index in [1.807, 2.05) is 0 Å². The summed E-state index contributed by atoms with van der Waals surface area (Å²) in [5.74, 6) is -0.111. The van der Waals surface area contributed by atoms with Gasteiger partial charge in [-0.05, 0) is 30.4 Å². The minimum absolute atomic E-state index is 0.0320. The molecule has 3 amide bonds. The molecule has 116 valence electrons. The number of rotatable bonds is 6. The molecule has 21 heavy (non-hydrogen) atoms. The molecule has 0 saturated carbocycles. The molecule has 1 rings (SSSR count). The predicted molar refractivity (Wildman–Crippen MR) is 83.7 cm³/mol. The van der Waals surface area contributed by atoms with Crippen LogP contribution in [-0.4, -0.2) is 18.0 Å². The van der Waals surface area contributed by atoms with Crippen LogP contribution < -0.4 is 16.4 Å². The third kappa shape index (κ3) is 5.19. The van der Waals surface area contributed by atoms with Crippen molar-refractivity contribution in [1.29, 1.82) is 0 Å². The van der Waals surface area contributed by atoms with E-state index in [4.69, 9.17) is 5.73 Å². The van der Waals surface area contributed by atoms with Gasteiger partial charge in [-0.15, -0.1) is 0 Å². The molecule has 1 aromatic rings. The Labute approximate surface area is 126 Å². The fraction of sp³-hybridized carbons (Fsp3) is 0.500. The maximum Gasteiger partial charge on any atom is 0.318 e. The Morgan fingerprint density at radius 2 is 1.71 bits per heavy atom. The first-order chi connectivity index (χ1) is 9.85. The van der Waals surface area contributed by atoms with Gasteiger partial charge < -0.3 is 5.73 Å². The molecule has 2 atom stereocenters. The Bertz CT molecular complexity index is 483. The van der Waals surface area contributed by atoms with E-state index < -0.39 is 18.0 Å². The van der Waals surface area contributed by atoms with E-state index in [1.54, 1.807) is 6.92 Å². The lowest BCUT2D eigenvalue weighted by atomic mass is 9.94. The van der Waals surface area contributed by atoms with Crippen LogP contribution in [0.2, 0.25) is 0 Å². The van der Waals surface area contributed by atoms with Gasteiger partial charge in [-0.2, -0.15) is 0 Å². The Morgan fingerprint density at radius 3 is 2.14 bits per heavy atom. The van der Waals surface area contributed by atoms with Crippen molar-refractivity contribution in [2.45, 2.75) is 46.2 Å². The molecule has 0 aliphatic carbocycles. The van der Waals surface area contributed by atoms with Crippen molar-refractivity contribution in [1.82, 2.24) is 10.6 Å². The van der Waals surface area contributed by atoms with Crippen LogP contribution in [0.4, 0.5) is 4.79 Å². The lowest BCUT2D eigenvalue weighted by molar-refractivity contribution is -0.121. The first-order valence-corrected chi connectivity index (χ1v) is 7.30. The molecule has 5 heteroatoms. The molecule has 5 nitrogen and oxygen atoms in total. The second-order valence-electron chi connectivity index (χ2n) is 5.56. The van der Waals surface area contributed by atoms with Gasteiger partial charge in [0.1, 0.15) is 0 Å². The fourth-order valence-electron chi connectivity index (χ4n) is 2.21. The summed E-state index contributed by atoms with van der Waals surface area (Å²) in [5, 5.41) is 5.35. The lowest BCUT2D eigenvalue weighted by Crippen LogP contribution is -2.48. The Balaban J connectivity index is 2.81. The standard InChI is InChI=1S/C16H25N3O2/c1-5-12-6-8-13(9-7-12)14(10(2)3)18-11(4)15(20)19-16(17)21/h6-11,14,18H,5H2,1-4H3,(H3,17,19,20,21)/t11-,14+/m0/s1. The fourth-order valence-corrected chi connectivity index (χ4v) is 2.21. The number of nitrogens with one attached hydrogen (secondary N) is 2. The van der Waals surface area contributed by atoms with Crippen molar-refractivity contribution in [3.05, 3.63) is 35.4 Å². The van der Waals surface area contributed by atoms with Gasteiger partial charge in [0.2, 0.25) is 5.91 Å². The van der Waals surface area contributed by atoms with E-state index in [9.17, 15) is 9.59 Å². The number of aryl methyl sites for hydroxylation is 1. The van der Waals surface area contributed by atoms with Crippen molar-refractivity contribution in [2.24, 2.45) is 11.7 Å². The molecule has 0 aliphatic heterocycles. The predicted octanol–water partition coefficient (Wildman–Crippen LogP) is 2.12. The highest BCUT2D eigenvalue weighted by molar-refractivity contribution is 5.96. The van der Waals surface area contributed by atoms with Gasteiger partial charge in [-0.3, -0.25) is 15.4 Å². The van der Waals surface area contributed by atoms with Crippen molar-refractivity contribution in [3.8, 4) is 0 Å². The van der Waals surface area contributed by atoms with E-state index in [1.165, 1.54) is 5.56 Å². The summed E-state index contributed by atoms with van der Waals surface area (Å²) in [7, 11) is 0. The normalized spacial score (nSPS) is 13.8. The summed E-state index contributed by atoms with van der Waals surface area (Å²) < 4.78 is 0. The summed E-state index contributed by atoms with van der Waals surface area (Å²) in [6.07, 6.45) is 0.997. The van der Waals surface area contributed by atoms with Crippen molar-refractivity contribution in [3.63, 3.8) is 0 Å². The first-order valence-electron chi connectivity index (χ1n) is 7.30. The van der Waals surface area contributed by atoms with Crippen LogP contribution in [0.1, 0.15) is 44.9 Å². The summed E-state index contributed by atoms with van der Waals surface area (Å²) in [6.45, 7) is 8.01. The maximum absolute atomic E-state index is 11.8. The molecule has 0 aliphatic rings. The third-order valence-electron chi connectivity index (χ3n) is 3.48. The molecule has 0 radical (unpaired) electrons. The molecule has 0 heterocycles. The second kappa shape index (κ2) is 7.78. The number of urea groups is 1. The average molecular weight is 291 g/mol. The zero-order chi connectivity index (χ0) is 16.0. The quantitative estimate of drug-likeness (QED) is 0.750. The van der Waals surface area contributed by atoms with Crippen LogP contribution in [0.25, 0.3) is 0 Å². The summed E-state index contributed by atoms with van der Waals surface area (Å²) in [5.41, 5.74) is 7.37. The minimum Gasteiger partial charge on any atom is -0.351 e. The van der Waals surface area contributed by atoms with Crippen molar-refractivity contribution < 1.29 is 9.59 Å². The number of primary amides is 1. The Morgan fingerprint density at radius 1 is 1.14 bits per heavy atom. The first kappa shape index (κ1) is 17.2. The molecule has 0 saturated heterocycles. The second-order valence-corrected chi connectivity index (χ2v) is 5.56. The number of hydrogen-bond donors (Lipinski definition) is 3. The molecule has 1 aromatic carbocycles. The van der Waals surface area contributed by atoms with Crippen LogP contribution in [-0.2, 0) is 11.2 Å². The molecular weight excluding hydrogens is 266 g/mol. The number of hydrogen-bond acceptors (Lipinski definition) is 3. The topological polar surface area (TPSA) is 84.2 Å². The third-order valence-corrected chi connectivity index (χ3v) is 3.48. The zero-order valence-electron chi connectivity index (χ0n) is 13.1. The number of carbonyl (C=O) groups excluding carboxylic acids is 2. The monoisotopic (exact) mass is 291 g/mol. The average Bonchev–Trinajstić information content (AvgIpc) is 2.43. The van der Waals surface area contributed by atoms with Gasteiger partial charge in [-0.25, -0.2) is 4.79 Å². The molecule has 0 bridgehead atoms. The molecule has 4 N–H and O–H groups in total. The van der Waals surface area contributed by atoms with Gasteiger partial charge >= 0.3 is 6.03 Å². The van der Waals surface area contributed by atoms with E-state index in [0.717, 1.165) is 12.0 Å². The largest absolute Gasteiger partial charge is 0.351 e. The van der Waals surface area contributed by atoms with Gasteiger partial charge in [-0.1, -0.05) is 45.0 Å². The van der Waals surface area contributed by atoms with Gasteiger partial charge in [0.15, 0.2) is 0 Å². The maximum atomic E-state index is 11.8. The van der Waals surface area contributed by atoms with Gasteiger partial charge in [0.25, 0.3) is 0 Å². The molecular formula is C16H25N3O2. The van der Waals surface area contributed by atoms with Crippen LogP contribution in [0.5, 0.6) is 0 Å². The molecule has 0 fully saturated rings. The zero-order valence-corrected chi connectivity index (χ0v) is 13.1. The van der Waals surface area contributed by atoms with E-state index in [2.05, 4.69) is 55.7 Å². The van der Waals surface area contributed by atoms with Crippen LogP contribution in [0.3, 0.4) is 0 Å². The highest BCUT2D eigenvalue weighted by Crippen LogP contribution is 2.22. The van der Waals surface area contributed by atoms with Gasteiger partial charge in [0, 0.05) is 6.04 Å². The van der Waals surface area contributed by atoms with E-state index in [0.29, 0.717) is 5.92 Å². The highest BCUT2D eigenvalue weighted by Gasteiger charge is 2.22. The van der Waals surface area contributed by atoms with Crippen molar-refractivity contribution >= 4 is 11.9 Å². The molecule has 0 aromatic heterocycles. The number of nitrogens with two attached hydrogens (primary N) is 1. The molecule has 0 spiro atoms. The lowest BCUT2D eigenvalue weighted by Gasteiger charge is -2.26. The van der Waals surface area contributed by atoms with E-state index >= 15 is 0 Å².